The molecule has 2 saturated heterocycles. The van der Waals surface area contributed by atoms with Gasteiger partial charge in [-0.2, -0.15) is 0 Å². The van der Waals surface area contributed by atoms with Crippen molar-refractivity contribution in [3.8, 4) is 0 Å². The number of hydrogen-bond acceptors (Lipinski definition) is 4. The SMILES string of the molecule is O=C1[C@H]([C@@H](O)c2ccc([N+](=O)[O-])cc2)C[C@@H]2CCN12. The van der Waals surface area contributed by atoms with Crippen molar-refractivity contribution in [2.75, 3.05) is 6.54 Å². The number of nitro benzene ring substituents is 1. The van der Waals surface area contributed by atoms with Crippen LogP contribution in [0.4, 0.5) is 5.69 Å². The monoisotopic (exact) mass is 262 g/mol. The number of rotatable bonds is 3. The molecule has 0 bridgehead atoms. The molecule has 6 heteroatoms. The molecule has 0 spiro atoms. The van der Waals surface area contributed by atoms with Crippen LogP contribution in [0.2, 0.25) is 0 Å². The Bertz CT molecular complexity index is 528. The normalized spacial score (nSPS) is 26.8. The Labute approximate surface area is 109 Å². The zero-order valence-corrected chi connectivity index (χ0v) is 10.2. The third kappa shape index (κ3) is 1.88. The van der Waals surface area contributed by atoms with E-state index >= 15 is 0 Å². The Morgan fingerprint density at radius 2 is 2.05 bits per heavy atom. The van der Waals surface area contributed by atoms with Crippen molar-refractivity contribution in [2.24, 2.45) is 5.92 Å². The number of carbonyl (C=O) groups is 1. The molecule has 2 fully saturated rings. The second-order valence-electron chi connectivity index (χ2n) is 5.11. The fourth-order valence-electron chi connectivity index (χ4n) is 2.87. The Hall–Kier alpha value is -1.95. The predicted octanol–water partition coefficient (Wildman–Crippen LogP) is 1.25. The Balaban J connectivity index is 1.78. The third-order valence-corrected chi connectivity index (χ3v) is 4.10. The van der Waals surface area contributed by atoms with Crippen molar-refractivity contribution < 1.29 is 14.8 Å². The number of non-ortho nitro benzene ring substituents is 1. The van der Waals surface area contributed by atoms with Crippen molar-refractivity contribution in [3.05, 3.63) is 39.9 Å². The molecule has 2 heterocycles. The molecule has 3 rings (SSSR count). The average molecular weight is 262 g/mol. The summed E-state index contributed by atoms with van der Waals surface area (Å²) >= 11 is 0. The highest BCUT2D eigenvalue weighted by Crippen LogP contribution is 2.40. The quantitative estimate of drug-likeness (QED) is 0.656. The van der Waals surface area contributed by atoms with Crippen LogP contribution in [0.5, 0.6) is 0 Å². The topological polar surface area (TPSA) is 83.7 Å². The number of amides is 1. The van der Waals surface area contributed by atoms with E-state index in [9.17, 15) is 20.0 Å². The van der Waals surface area contributed by atoms with Gasteiger partial charge in [-0.05, 0) is 30.5 Å². The summed E-state index contributed by atoms with van der Waals surface area (Å²) in [6.45, 7) is 0.785. The second kappa shape index (κ2) is 4.31. The minimum absolute atomic E-state index is 0.00195. The zero-order valence-electron chi connectivity index (χ0n) is 10.2. The van der Waals surface area contributed by atoms with E-state index in [1.165, 1.54) is 24.3 Å². The summed E-state index contributed by atoms with van der Waals surface area (Å²) in [7, 11) is 0. The van der Waals surface area contributed by atoms with Crippen LogP contribution in [0.1, 0.15) is 24.5 Å². The van der Waals surface area contributed by atoms with Crippen molar-refractivity contribution in [1.29, 1.82) is 0 Å². The molecule has 6 nitrogen and oxygen atoms in total. The van der Waals surface area contributed by atoms with E-state index < -0.39 is 16.9 Å². The maximum absolute atomic E-state index is 12.0. The van der Waals surface area contributed by atoms with Gasteiger partial charge in [0.05, 0.1) is 16.9 Å². The van der Waals surface area contributed by atoms with Crippen LogP contribution in [-0.4, -0.2) is 33.4 Å². The Morgan fingerprint density at radius 3 is 2.47 bits per heavy atom. The first-order valence-electron chi connectivity index (χ1n) is 6.31. The van der Waals surface area contributed by atoms with Crippen LogP contribution in [0.3, 0.4) is 0 Å². The summed E-state index contributed by atoms with van der Waals surface area (Å²) in [5, 5.41) is 20.8. The van der Waals surface area contributed by atoms with Gasteiger partial charge in [-0.3, -0.25) is 14.9 Å². The standard InChI is InChI=1S/C13H14N2O4/c16-12(8-1-3-9(4-2-8)15(18)19)11-7-10-5-6-14(10)13(11)17/h1-4,10-12,16H,5-7H2/t10-,11-,12-/m0/s1. The minimum atomic E-state index is -0.876. The molecule has 1 amide bonds. The number of hydrogen-bond donors (Lipinski definition) is 1. The van der Waals surface area contributed by atoms with Gasteiger partial charge < -0.3 is 10.0 Å². The molecule has 2 aliphatic heterocycles. The average Bonchev–Trinajstić information content (AvgIpc) is 2.58. The molecule has 3 atom stereocenters. The maximum Gasteiger partial charge on any atom is 0.269 e. The van der Waals surface area contributed by atoms with E-state index in [2.05, 4.69) is 0 Å². The van der Waals surface area contributed by atoms with Gasteiger partial charge in [0.2, 0.25) is 5.91 Å². The molecule has 19 heavy (non-hydrogen) atoms. The van der Waals surface area contributed by atoms with Crippen LogP contribution >= 0.6 is 0 Å². The first kappa shape index (κ1) is 12.1. The zero-order chi connectivity index (χ0) is 13.6. The van der Waals surface area contributed by atoms with Crippen molar-refractivity contribution in [1.82, 2.24) is 4.90 Å². The van der Waals surface area contributed by atoms with Gasteiger partial charge in [0, 0.05) is 24.7 Å². The van der Waals surface area contributed by atoms with Gasteiger partial charge in [0.1, 0.15) is 0 Å². The number of nitro groups is 1. The maximum atomic E-state index is 12.0. The molecule has 0 radical (unpaired) electrons. The first-order valence-corrected chi connectivity index (χ1v) is 6.31. The molecule has 0 saturated carbocycles. The summed E-state index contributed by atoms with van der Waals surface area (Å²) < 4.78 is 0. The smallest absolute Gasteiger partial charge is 0.269 e. The predicted molar refractivity (Wildman–Crippen MR) is 66.3 cm³/mol. The van der Waals surface area contributed by atoms with E-state index in [1.54, 1.807) is 4.90 Å². The van der Waals surface area contributed by atoms with Gasteiger partial charge in [-0.25, -0.2) is 0 Å². The van der Waals surface area contributed by atoms with Gasteiger partial charge in [-0.15, -0.1) is 0 Å². The molecule has 1 N–H and O–H groups in total. The summed E-state index contributed by atoms with van der Waals surface area (Å²) in [6.07, 6.45) is 0.811. The molecular weight excluding hydrogens is 248 g/mol. The summed E-state index contributed by atoms with van der Waals surface area (Å²) in [5.41, 5.74) is 0.545. The van der Waals surface area contributed by atoms with E-state index in [0.29, 0.717) is 12.0 Å². The molecular formula is C13H14N2O4. The number of aliphatic hydroxyl groups is 1. The Morgan fingerprint density at radius 1 is 1.37 bits per heavy atom. The number of carbonyl (C=O) groups excluding carboxylic acids is 1. The molecule has 1 aromatic rings. The van der Waals surface area contributed by atoms with Crippen LogP contribution in [0.15, 0.2) is 24.3 Å². The van der Waals surface area contributed by atoms with E-state index in [-0.39, 0.29) is 17.6 Å². The lowest BCUT2D eigenvalue weighted by molar-refractivity contribution is -0.384. The third-order valence-electron chi connectivity index (χ3n) is 4.10. The fraction of sp³-hybridized carbons (Fsp3) is 0.462. The van der Waals surface area contributed by atoms with E-state index in [1.807, 2.05) is 0 Å². The van der Waals surface area contributed by atoms with Gasteiger partial charge in [0.15, 0.2) is 0 Å². The molecule has 0 aromatic heterocycles. The van der Waals surface area contributed by atoms with Crippen molar-refractivity contribution in [2.45, 2.75) is 25.0 Å². The molecule has 2 aliphatic rings. The van der Waals surface area contributed by atoms with E-state index in [4.69, 9.17) is 0 Å². The molecule has 1 aromatic carbocycles. The lowest BCUT2D eigenvalue weighted by Crippen LogP contribution is -2.45. The van der Waals surface area contributed by atoms with E-state index in [0.717, 1.165) is 13.0 Å². The lowest BCUT2D eigenvalue weighted by Gasteiger charge is -2.34. The van der Waals surface area contributed by atoms with Crippen LogP contribution in [-0.2, 0) is 4.79 Å². The van der Waals surface area contributed by atoms with Gasteiger partial charge in [-0.1, -0.05) is 0 Å². The lowest BCUT2D eigenvalue weighted by atomic mass is 9.92. The summed E-state index contributed by atoms with van der Waals surface area (Å²) in [5.74, 6) is -0.406. The van der Waals surface area contributed by atoms with Gasteiger partial charge in [0.25, 0.3) is 5.69 Å². The highest BCUT2D eigenvalue weighted by molar-refractivity contribution is 5.83. The first-order chi connectivity index (χ1) is 9.08. The largest absolute Gasteiger partial charge is 0.388 e. The number of fused-ring (bicyclic) bond motifs is 1. The highest BCUT2D eigenvalue weighted by atomic mass is 16.6. The van der Waals surface area contributed by atoms with Crippen LogP contribution < -0.4 is 0 Å². The van der Waals surface area contributed by atoms with Crippen LogP contribution in [0, 0.1) is 16.0 Å². The van der Waals surface area contributed by atoms with Gasteiger partial charge >= 0.3 is 0 Å². The minimum Gasteiger partial charge on any atom is -0.388 e. The Kier molecular flexibility index (Phi) is 2.74. The second-order valence-corrected chi connectivity index (χ2v) is 5.11. The van der Waals surface area contributed by atoms with Crippen molar-refractivity contribution >= 4 is 11.6 Å². The fourth-order valence-corrected chi connectivity index (χ4v) is 2.87. The summed E-state index contributed by atoms with van der Waals surface area (Å²) in [4.78, 5) is 23.9. The number of nitrogens with zero attached hydrogens (tertiary/aromatic N) is 2. The van der Waals surface area contributed by atoms with Crippen molar-refractivity contribution in [3.63, 3.8) is 0 Å². The molecule has 100 valence electrons. The highest BCUT2D eigenvalue weighted by Gasteiger charge is 2.47. The number of aliphatic hydroxyl groups excluding tert-OH is 1. The summed E-state index contributed by atoms with van der Waals surface area (Å²) in [6, 6.07) is 6.03. The van der Waals surface area contributed by atoms with Crippen LogP contribution in [0.25, 0.3) is 0 Å². The molecule has 0 aliphatic carbocycles. The number of benzene rings is 1. The molecule has 0 unspecified atom stereocenters.